The molecule has 1 N–H and O–H groups in total. The van der Waals surface area contributed by atoms with E-state index in [4.69, 9.17) is 0 Å². The van der Waals surface area contributed by atoms with Crippen molar-refractivity contribution in [2.24, 2.45) is 0 Å². The van der Waals surface area contributed by atoms with Gasteiger partial charge in [0.05, 0.1) is 17.7 Å². The van der Waals surface area contributed by atoms with Crippen LogP contribution in [-0.2, 0) is 0 Å². The second-order valence-electron chi connectivity index (χ2n) is 5.67. The van der Waals surface area contributed by atoms with Gasteiger partial charge >= 0.3 is 0 Å². The standard InChI is InChI=1S/C17H23N3/c1-2-4-8-15(9-5-3-1)19-16-10-6-7-11-17(16)20-13-12-18-14-20/h6-7,10-15,19H,1-5,8-9H2. The molecule has 0 bridgehead atoms. The molecule has 0 saturated heterocycles. The molecule has 3 heteroatoms. The van der Waals surface area contributed by atoms with Crippen molar-refractivity contribution in [2.45, 2.75) is 51.0 Å². The van der Waals surface area contributed by atoms with Crippen LogP contribution in [0.25, 0.3) is 5.69 Å². The maximum atomic E-state index is 4.15. The fraction of sp³-hybridized carbons (Fsp3) is 0.471. The quantitative estimate of drug-likeness (QED) is 0.895. The summed E-state index contributed by atoms with van der Waals surface area (Å²) in [5.41, 5.74) is 2.41. The molecule has 106 valence electrons. The summed E-state index contributed by atoms with van der Waals surface area (Å²) in [5, 5.41) is 3.76. The summed E-state index contributed by atoms with van der Waals surface area (Å²) >= 11 is 0. The first-order valence-electron chi connectivity index (χ1n) is 7.77. The Morgan fingerprint density at radius 1 is 1.00 bits per heavy atom. The van der Waals surface area contributed by atoms with E-state index in [2.05, 4.69) is 39.1 Å². The molecule has 1 aliphatic rings. The summed E-state index contributed by atoms with van der Waals surface area (Å²) in [6.45, 7) is 0. The Morgan fingerprint density at radius 3 is 2.50 bits per heavy atom. The Bertz CT molecular complexity index is 511. The molecule has 2 aromatic rings. The van der Waals surface area contributed by atoms with Gasteiger partial charge in [-0.25, -0.2) is 4.98 Å². The third kappa shape index (κ3) is 3.21. The van der Waals surface area contributed by atoms with Crippen LogP contribution >= 0.6 is 0 Å². The highest BCUT2D eigenvalue weighted by Crippen LogP contribution is 2.25. The second-order valence-corrected chi connectivity index (χ2v) is 5.67. The Labute approximate surface area is 121 Å². The first-order chi connectivity index (χ1) is 9.93. The number of para-hydroxylation sites is 2. The van der Waals surface area contributed by atoms with Gasteiger partial charge < -0.3 is 9.88 Å². The molecule has 1 heterocycles. The van der Waals surface area contributed by atoms with E-state index in [-0.39, 0.29) is 0 Å². The van der Waals surface area contributed by atoms with Crippen molar-refractivity contribution in [1.82, 2.24) is 9.55 Å². The second kappa shape index (κ2) is 6.60. The molecular formula is C17H23N3. The van der Waals surface area contributed by atoms with E-state index < -0.39 is 0 Å². The number of rotatable bonds is 3. The van der Waals surface area contributed by atoms with Gasteiger partial charge in [-0.05, 0) is 25.0 Å². The van der Waals surface area contributed by atoms with Crippen LogP contribution in [0.1, 0.15) is 44.9 Å². The average Bonchev–Trinajstić information content (AvgIpc) is 2.96. The van der Waals surface area contributed by atoms with E-state index in [0.717, 1.165) is 0 Å². The minimum atomic E-state index is 0.611. The molecule has 0 unspecified atom stereocenters. The van der Waals surface area contributed by atoms with Gasteiger partial charge in [0.25, 0.3) is 0 Å². The molecular weight excluding hydrogens is 246 g/mol. The van der Waals surface area contributed by atoms with Gasteiger partial charge in [0, 0.05) is 18.4 Å². The predicted molar refractivity (Wildman–Crippen MR) is 83.3 cm³/mol. The molecule has 0 radical (unpaired) electrons. The molecule has 20 heavy (non-hydrogen) atoms. The van der Waals surface area contributed by atoms with Crippen LogP contribution in [-0.4, -0.2) is 15.6 Å². The highest BCUT2D eigenvalue weighted by atomic mass is 15.1. The molecule has 3 nitrogen and oxygen atoms in total. The van der Waals surface area contributed by atoms with Crippen LogP contribution < -0.4 is 5.32 Å². The first-order valence-corrected chi connectivity index (χ1v) is 7.77. The Balaban J connectivity index is 1.76. The van der Waals surface area contributed by atoms with Crippen LogP contribution in [0.3, 0.4) is 0 Å². The van der Waals surface area contributed by atoms with E-state index >= 15 is 0 Å². The van der Waals surface area contributed by atoms with Crippen molar-refractivity contribution in [3.05, 3.63) is 43.0 Å². The van der Waals surface area contributed by atoms with Crippen molar-refractivity contribution in [3.63, 3.8) is 0 Å². The summed E-state index contributed by atoms with van der Waals surface area (Å²) in [6.07, 6.45) is 15.2. The lowest BCUT2D eigenvalue weighted by molar-refractivity contribution is 0.471. The van der Waals surface area contributed by atoms with E-state index in [1.54, 1.807) is 0 Å². The largest absolute Gasteiger partial charge is 0.381 e. The number of anilines is 1. The van der Waals surface area contributed by atoms with Crippen LogP contribution in [0.15, 0.2) is 43.0 Å². The zero-order chi connectivity index (χ0) is 13.6. The number of hydrogen-bond acceptors (Lipinski definition) is 2. The van der Waals surface area contributed by atoms with Crippen molar-refractivity contribution < 1.29 is 0 Å². The minimum Gasteiger partial charge on any atom is -0.381 e. The molecule has 1 aromatic heterocycles. The van der Waals surface area contributed by atoms with Gasteiger partial charge in [0.2, 0.25) is 0 Å². The lowest BCUT2D eigenvalue weighted by Crippen LogP contribution is -2.21. The van der Waals surface area contributed by atoms with Gasteiger partial charge in [-0.2, -0.15) is 0 Å². The topological polar surface area (TPSA) is 29.9 Å². The smallest absolute Gasteiger partial charge is 0.0992 e. The minimum absolute atomic E-state index is 0.611. The summed E-state index contributed by atoms with van der Waals surface area (Å²) in [5.74, 6) is 0. The summed E-state index contributed by atoms with van der Waals surface area (Å²) < 4.78 is 2.07. The normalized spacial score (nSPS) is 17.4. The van der Waals surface area contributed by atoms with Crippen molar-refractivity contribution in [1.29, 1.82) is 0 Å². The molecule has 0 spiro atoms. The third-order valence-electron chi connectivity index (χ3n) is 4.15. The number of aromatic nitrogens is 2. The van der Waals surface area contributed by atoms with E-state index in [1.807, 2.05) is 18.7 Å². The maximum absolute atomic E-state index is 4.15. The van der Waals surface area contributed by atoms with Crippen molar-refractivity contribution in [2.75, 3.05) is 5.32 Å². The highest BCUT2D eigenvalue weighted by Gasteiger charge is 2.13. The lowest BCUT2D eigenvalue weighted by Gasteiger charge is -2.23. The van der Waals surface area contributed by atoms with E-state index in [9.17, 15) is 0 Å². The van der Waals surface area contributed by atoms with Crippen molar-refractivity contribution >= 4 is 5.69 Å². The van der Waals surface area contributed by atoms with Crippen LogP contribution in [0.5, 0.6) is 0 Å². The molecule has 1 fully saturated rings. The summed E-state index contributed by atoms with van der Waals surface area (Å²) in [6, 6.07) is 9.12. The molecule has 1 saturated carbocycles. The van der Waals surface area contributed by atoms with Crippen LogP contribution in [0, 0.1) is 0 Å². The van der Waals surface area contributed by atoms with Gasteiger partial charge in [-0.15, -0.1) is 0 Å². The Hall–Kier alpha value is -1.77. The zero-order valence-corrected chi connectivity index (χ0v) is 12.0. The lowest BCUT2D eigenvalue weighted by atomic mass is 9.96. The predicted octanol–water partition coefficient (Wildman–Crippen LogP) is 4.40. The Morgan fingerprint density at radius 2 is 1.75 bits per heavy atom. The number of nitrogens with one attached hydrogen (secondary N) is 1. The number of hydrogen-bond donors (Lipinski definition) is 1. The van der Waals surface area contributed by atoms with Gasteiger partial charge in [-0.3, -0.25) is 0 Å². The first kappa shape index (κ1) is 13.2. The molecule has 0 aliphatic heterocycles. The van der Waals surface area contributed by atoms with Gasteiger partial charge in [0.1, 0.15) is 0 Å². The van der Waals surface area contributed by atoms with Crippen LogP contribution in [0.2, 0.25) is 0 Å². The maximum Gasteiger partial charge on any atom is 0.0992 e. The molecule has 0 atom stereocenters. The molecule has 0 amide bonds. The number of imidazole rings is 1. The molecule has 1 aromatic carbocycles. The fourth-order valence-corrected chi connectivity index (χ4v) is 3.04. The Kier molecular flexibility index (Phi) is 4.36. The highest BCUT2D eigenvalue weighted by molar-refractivity contribution is 5.61. The van der Waals surface area contributed by atoms with Crippen LogP contribution in [0.4, 0.5) is 5.69 Å². The van der Waals surface area contributed by atoms with Gasteiger partial charge in [-0.1, -0.05) is 44.2 Å². The number of nitrogens with zero attached hydrogens (tertiary/aromatic N) is 2. The monoisotopic (exact) mass is 269 g/mol. The summed E-state index contributed by atoms with van der Waals surface area (Å²) in [7, 11) is 0. The van der Waals surface area contributed by atoms with E-state index in [1.165, 1.54) is 56.3 Å². The SMILES string of the molecule is c1ccc(-n2ccnc2)c(NC2CCCCCCC2)c1. The summed E-state index contributed by atoms with van der Waals surface area (Å²) in [4.78, 5) is 4.15. The average molecular weight is 269 g/mol. The van der Waals surface area contributed by atoms with E-state index in [0.29, 0.717) is 6.04 Å². The van der Waals surface area contributed by atoms with Gasteiger partial charge in [0.15, 0.2) is 0 Å². The molecule has 1 aliphatic carbocycles. The fourth-order valence-electron chi connectivity index (χ4n) is 3.04. The number of benzene rings is 1. The molecule has 3 rings (SSSR count). The third-order valence-corrected chi connectivity index (χ3v) is 4.15. The van der Waals surface area contributed by atoms with Crippen molar-refractivity contribution in [3.8, 4) is 5.69 Å². The zero-order valence-electron chi connectivity index (χ0n) is 12.0.